The molecule has 1 aromatic rings. The molecule has 0 heterocycles. The Labute approximate surface area is 117 Å². The van der Waals surface area contributed by atoms with Crippen LogP contribution in [0.4, 0.5) is 0 Å². The van der Waals surface area contributed by atoms with Crippen LogP contribution in [-0.2, 0) is 16.6 Å². The van der Waals surface area contributed by atoms with Gasteiger partial charge in [-0.15, -0.1) is 0 Å². The third-order valence-corrected chi connectivity index (χ3v) is 4.96. The maximum atomic E-state index is 12.1. The van der Waals surface area contributed by atoms with Crippen LogP contribution in [0.5, 0.6) is 0 Å². The van der Waals surface area contributed by atoms with Gasteiger partial charge in [-0.05, 0) is 36.4 Å². The maximum Gasteiger partial charge on any atom is 0.240 e. The summed E-state index contributed by atoms with van der Waals surface area (Å²) >= 11 is 7.50. The van der Waals surface area contributed by atoms with Gasteiger partial charge in [0.2, 0.25) is 10.0 Å². The topological polar surface area (TPSA) is 72.2 Å². The quantitative estimate of drug-likeness (QED) is 0.785. The van der Waals surface area contributed by atoms with E-state index in [0.29, 0.717) is 17.1 Å². The first-order chi connectivity index (χ1) is 8.42. The molecular weight excluding hydrogens is 292 g/mol. The highest BCUT2D eigenvalue weighted by atomic mass is 35.5. The molecule has 18 heavy (non-hydrogen) atoms. The fourth-order valence-corrected chi connectivity index (χ4v) is 3.64. The fourth-order valence-electron chi connectivity index (χ4n) is 1.56. The van der Waals surface area contributed by atoms with E-state index in [9.17, 15) is 8.42 Å². The molecule has 1 rings (SSSR count). The normalized spacial score (nSPS) is 11.8. The molecule has 0 aliphatic carbocycles. The Kier molecular flexibility index (Phi) is 5.94. The lowest BCUT2D eigenvalue weighted by atomic mass is 10.1. The molecule has 0 fully saturated rings. The van der Waals surface area contributed by atoms with Crippen LogP contribution in [0.1, 0.15) is 11.1 Å². The van der Waals surface area contributed by atoms with Crippen LogP contribution in [0.15, 0.2) is 17.0 Å². The van der Waals surface area contributed by atoms with Crippen molar-refractivity contribution in [2.24, 2.45) is 5.73 Å². The Morgan fingerprint density at radius 2 is 2.11 bits per heavy atom. The Bertz CT molecular complexity index is 518. The minimum absolute atomic E-state index is 0.205. The van der Waals surface area contributed by atoms with Gasteiger partial charge in [0.15, 0.2) is 0 Å². The Morgan fingerprint density at radius 1 is 1.44 bits per heavy atom. The number of nitrogens with two attached hydrogens (primary N) is 1. The Balaban J connectivity index is 3.12. The summed E-state index contributed by atoms with van der Waals surface area (Å²) in [5.74, 6) is 0.725. The number of hydrogen-bond acceptors (Lipinski definition) is 4. The van der Waals surface area contributed by atoms with Crippen molar-refractivity contribution in [2.75, 3.05) is 18.6 Å². The Hall–Kier alpha value is -0.270. The minimum atomic E-state index is -3.52. The molecule has 0 saturated carbocycles. The van der Waals surface area contributed by atoms with Gasteiger partial charge < -0.3 is 5.73 Å². The van der Waals surface area contributed by atoms with E-state index in [4.69, 9.17) is 17.3 Å². The summed E-state index contributed by atoms with van der Waals surface area (Å²) in [6, 6.07) is 3.15. The second-order valence-electron chi connectivity index (χ2n) is 3.78. The van der Waals surface area contributed by atoms with Crippen LogP contribution in [0.2, 0.25) is 5.02 Å². The van der Waals surface area contributed by atoms with Crippen LogP contribution in [-0.4, -0.2) is 27.0 Å². The van der Waals surface area contributed by atoms with Gasteiger partial charge in [-0.25, -0.2) is 13.1 Å². The summed E-state index contributed by atoms with van der Waals surface area (Å²) in [6.45, 7) is 2.40. The van der Waals surface area contributed by atoms with Crippen molar-refractivity contribution in [2.45, 2.75) is 18.4 Å². The molecule has 4 nitrogen and oxygen atoms in total. The van der Waals surface area contributed by atoms with Crippen molar-refractivity contribution in [3.8, 4) is 0 Å². The standard InChI is InChI=1S/C11H17ClN2O2S2/c1-8-9(7-13)5-10(12)6-11(8)18(15,16)14-3-4-17-2/h5-6,14H,3-4,7,13H2,1-2H3. The molecule has 102 valence electrons. The molecule has 0 aromatic heterocycles. The van der Waals surface area contributed by atoms with Crippen molar-refractivity contribution >= 4 is 33.4 Å². The number of nitrogens with one attached hydrogen (secondary N) is 1. The molecular formula is C11H17ClN2O2S2. The zero-order valence-electron chi connectivity index (χ0n) is 10.4. The lowest BCUT2D eigenvalue weighted by Crippen LogP contribution is -2.27. The van der Waals surface area contributed by atoms with Gasteiger partial charge in [-0.1, -0.05) is 11.6 Å². The summed E-state index contributed by atoms with van der Waals surface area (Å²) in [4.78, 5) is 0.205. The number of thioether (sulfide) groups is 1. The van der Waals surface area contributed by atoms with E-state index in [1.807, 2.05) is 6.26 Å². The van der Waals surface area contributed by atoms with E-state index in [1.165, 1.54) is 6.07 Å². The monoisotopic (exact) mass is 308 g/mol. The summed E-state index contributed by atoms with van der Waals surface area (Å²) < 4.78 is 26.8. The second kappa shape index (κ2) is 6.77. The molecule has 0 bridgehead atoms. The zero-order chi connectivity index (χ0) is 13.8. The lowest BCUT2D eigenvalue weighted by molar-refractivity contribution is 0.583. The molecule has 0 amide bonds. The van der Waals surface area contributed by atoms with Crippen molar-refractivity contribution in [1.29, 1.82) is 0 Å². The molecule has 0 aliphatic rings. The number of benzene rings is 1. The smallest absolute Gasteiger partial charge is 0.240 e. The molecule has 0 atom stereocenters. The first kappa shape index (κ1) is 15.8. The second-order valence-corrected chi connectivity index (χ2v) is 6.94. The number of rotatable bonds is 6. The third-order valence-electron chi connectivity index (χ3n) is 2.54. The van der Waals surface area contributed by atoms with Crippen LogP contribution in [0, 0.1) is 6.92 Å². The van der Waals surface area contributed by atoms with Gasteiger partial charge in [-0.3, -0.25) is 0 Å². The van der Waals surface area contributed by atoms with Crippen molar-refractivity contribution in [3.05, 3.63) is 28.3 Å². The summed E-state index contributed by atoms with van der Waals surface area (Å²) in [7, 11) is -3.52. The highest BCUT2D eigenvalue weighted by Crippen LogP contribution is 2.24. The molecule has 0 aliphatic heterocycles. The van der Waals surface area contributed by atoms with Gasteiger partial charge in [0.1, 0.15) is 0 Å². The van der Waals surface area contributed by atoms with Crippen molar-refractivity contribution in [3.63, 3.8) is 0 Å². The molecule has 1 aromatic carbocycles. The SMILES string of the molecule is CSCCNS(=O)(=O)c1cc(Cl)cc(CN)c1C. The highest BCUT2D eigenvalue weighted by molar-refractivity contribution is 7.98. The molecule has 0 spiro atoms. The highest BCUT2D eigenvalue weighted by Gasteiger charge is 2.18. The van der Waals surface area contributed by atoms with Gasteiger partial charge in [0.25, 0.3) is 0 Å². The van der Waals surface area contributed by atoms with Gasteiger partial charge in [-0.2, -0.15) is 11.8 Å². The number of sulfonamides is 1. The van der Waals surface area contributed by atoms with E-state index >= 15 is 0 Å². The van der Waals surface area contributed by atoms with Gasteiger partial charge in [0.05, 0.1) is 4.90 Å². The van der Waals surface area contributed by atoms with Crippen LogP contribution in [0.25, 0.3) is 0 Å². The van der Waals surface area contributed by atoms with E-state index in [1.54, 1.807) is 24.8 Å². The molecule has 0 saturated heterocycles. The van der Waals surface area contributed by atoms with E-state index in [0.717, 1.165) is 11.3 Å². The first-order valence-corrected chi connectivity index (χ1v) is 8.65. The van der Waals surface area contributed by atoms with E-state index < -0.39 is 10.0 Å². The largest absolute Gasteiger partial charge is 0.326 e. The van der Waals surface area contributed by atoms with Crippen LogP contribution in [0.3, 0.4) is 0 Å². The minimum Gasteiger partial charge on any atom is -0.326 e. The zero-order valence-corrected chi connectivity index (χ0v) is 12.8. The van der Waals surface area contributed by atoms with Gasteiger partial charge in [0, 0.05) is 23.9 Å². The van der Waals surface area contributed by atoms with Crippen LogP contribution >= 0.6 is 23.4 Å². The average Bonchev–Trinajstić information content (AvgIpc) is 2.31. The average molecular weight is 309 g/mol. The van der Waals surface area contributed by atoms with E-state index in [2.05, 4.69) is 4.72 Å². The van der Waals surface area contributed by atoms with Crippen molar-refractivity contribution in [1.82, 2.24) is 4.72 Å². The maximum absolute atomic E-state index is 12.1. The summed E-state index contributed by atoms with van der Waals surface area (Å²) in [5.41, 5.74) is 6.97. The Morgan fingerprint density at radius 3 is 2.67 bits per heavy atom. The molecule has 0 radical (unpaired) electrons. The number of hydrogen-bond donors (Lipinski definition) is 2. The first-order valence-electron chi connectivity index (χ1n) is 5.40. The van der Waals surface area contributed by atoms with E-state index in [-0.39, 0.29) is 11.4 Å². The third kappa shape index (κ3) is 3.86. The molecule has 7 heteroatoms. The van der Waals surface area contributed by atoms with Crippen molar-refractivity contribution < 1.29 is 8.42 Å². The van der Waals surface area contributed by atoms with Gasteiger partial charge >= 0.3 is 0 Å². The summed E-state index contributed by atoms with van der Waals surface area (Å²) in [6.07, 6.45) is 1.92. The molecule has 3 N–H and O–H groups in total. The molecule has 0 unspecified atom stereocenters. The fraction of sp³-hybridized carbons (Fsp3) is 0.455. The predicted octanol–water partition coefficient (Wildman–Crippen LogP) is 1.75. The number of halogens is 1. The predicted molar refractivity (Wildman–Crippen MR) is 77.7 cm³/mol. The lowest BCUT2D eigenvalue weighted by Gasteiger charge is -2.12. The summed E-state index contributed by atoms with van der Waals surface area (Å²) in [5, 5.41) is 0.381. The van der Waals surface area contributed by atoms with Crippen LogP contribution < -0.4 is 10.5 Å².